The van der Waals surface area contributed by atoms with E-state index >= 15 is 0 Å². The lowest BCUT2D eigenvalue weighted by molar-refractivity contribution is 0.0697. The fraction of sp³-hybridized carbons (Fsp3) is 0.200. The summed E-state index contributed by atoms with van der Waals surface area (Å²) in [5.74, 6) is -0.309. The van der Waals surface area contributed by atoms with E-state index in [1.807, 2.05) is 37.4 Å². The van der Waals surface area contributed by atoms with Crippen molar-refractivity contribution in [3.8, 4) is 11.5 Å². The van der Waals surface area contributed by atoms with E-state index in [0.717, 1.165) is 39.1 Å². The van der Waals surface area contributed by atoms with Gasteiger partial charge in [-0.3, -0.25) is 4.98 Å². The van der Waals surface area contributed by atoms with Crippen LogP contribution in [0.25, 0.3) is 11.5 Å². The van der Waals surface area contributed by atoms with Crippen LogP contribution in [0.3, 0.4) is 0 Å². The van der Waals surface area contributed by atoms with Crippen molar-refractivity contribution in [3.63, 3.8) is 0 Å². The minimum absolute atomic E-state index is 0.302. The van der Waals surface area contributed by atoms with Gasteiger partial charge in [-0.2, -0.15) is 0 Å². The molecule has 0 radical (unpaired) electrons. The van der Waals surface area contributed by atoms with Crippen LogP contribution >= 0.6 is 15.9 Å². The van der Waals surface area contributed by atoms with Gasteiger partial charge < -0.3 is 10.0 Å². The van der Waals surface area contributed by atoms with Gasteiger partial charge in [-0.1, -0.05) is 22.0 Å². The third-order valence-corrected chi connectivity index (χ3v) is 5.10. The molecule has 7 heteroatoms. The number of hydrogen-bond acceptors (Lipinski definition) is 5. The van der Waals surface area contributed by atoms with Crippen molar-refractivity contribution in [3.05, 3.63) is 69.6 Å². The number of aryl methyl sites for hydroxylation is 1. The predicted octanol–water partition coefficient (Wildman–Crippen LogP) is 3.87. The topological polar surface area (TPSA) is 79.2 Å². The van der Waals surface area contributed by atoms with Gasteiger partial charge in [0.05, 0.1) is 16.9 Å². The molecule has 1 aromatic carbocycles. The largest absolute Gasteiger partial charge is 0.478 e. The van der Waals surface area contributed by atoms with E-state index in [9.17, 15) is 9.90 Å². The van der Waals surface area contributed by atoms with Crippen LogP contribution in [0.15, 0.2) is 47.2 Å². The second-order valence-electron chi connectivity index (χ2n) is 6.48. The van der Waals surface area contributed by atoms with Crippen LogP contribution in [0.1, 0.15) is 27.2 Å². The number of aromatic carboxylic acids is 1. The second kappa shape index (κ2) is 7.08. The second-order valence-corrected chi connectivity index (χ2v) is 7.39. The Morgan fingerprint density at radius 1 is 1.26 bits per heavy atom. The number of halogens is 1. The highest BCUT2D eigenvalue weighted by Gasteiger charge is 2.24. The lowest BCUT2D eigenvalue weighted by atomic mass is 10.0. The Morgan fingerprint density at radius 3 is 2.85 bits per heavy atom. The van der Waals surface area contributed by atoms with Crippen LogP contribution in [0.2, 0.25) is 0 Å². The van der Waals surface area contributed by atoms with Crippen molar-refractivity contribution in [2.24, 2.45) is 0 Å². The zero-order chi connectivity index (χ0) is 19.0. The Labute approximate surface area is 165 Å². The number of anilines is 1. The van der Waals surface area contributed by atoms with E-state index in [1.54, 1.807) is 12.3 Å². The number of fused-ring (bicyclic) bond motifs is 1. The molecule has 0 spiro atoms. The van der Waals surface area contributed by atoms with Gasteiger partial charge in [-0.15, -0.1) is 0 Å². The van der Waals surface area contributed by atoms with Crippen LogP contribution in [0.5, 0.6) is 0 Å². The maximum absolute atomic E-state index is 11.7. The normalized spacial score (nSPS) is 13.3. The summed E-state index contributed by atoms with van der Waals surface area (Å²) in [6.45, 7) is 3.22. The molecule has 4 rings (SSSR count). The molecule has 0 saturated heterocycles. The molecule has 2 aromatic heterocycles. The molecular formula is C20H17BrN4O2. The number of hydrogen-bond donors (Lipinski definition) is 1. The minimum Gasteiger partial charge on any atom is -0.478 e. The standard InChI is InChI=1S/C20H17BrN4O2/c1-12-8-14(21)9-15(20(26)27)18(12)25-7-5-16-13(11-25)10-23-19(24-16)17-4-2-3-6-22-17/h2-4,6,8-10H,5,7,11H2,1H3,(H,26,27). The molecule has 136 valence electrons. The Balaban J connectivity index is 1.68. The van der Waals surface area contributed by atoms with Gasteiger partial charge in [0.15, 0.2) is 5.82 Å². The van der Waals surface area contributed by atoms with Crippen molar-refractivity contribution >= 4 is 27.6 Å². The predicted molar refractivity (Wildman–Crippen MR) is 106 cm³/mol. The van der Waals surface area contributed by atoms with Gasteiger partial charge in [0.2, 0.25) is 0 Å². The van der Waals surface area contributed by atoms with Crippen LogP contribution in [0, 0.1) is 6.92 Å². The third kappa shape index (κ3) is 3.42. The molecule has 0 atom stereocenters. The molecule has 0 unspecified atom stereocenters. The summed E-state index contributed by atoms with van der Waals surface area (Å²) in [5.41, 5.74) is 4.74. The first-order valence-electron chi connectivity index (χ1n) is 8.57. The van der Waals surface area contributed by atoms with E-state index in [4.69, 9.17) is 0 Å². The first-order chi connectivity index (χ1) is 13.0. The molecule has 1 aliphatic heterocycles. The van der Waals surface area contributed by atoms with Gasteiger partial charge in [0, 0.05) is 41.9 Å². The highest BCUT2D eigenvalue weighted by Crippen LogP contribution is 2.32. The van der Waals surface area contributed by atoms with E-state index in [1.165, 1.54) is 0 Å². The van der Waals surface area contributed by atoms with Crippen LogP contribution < -0.4 is 4.90 Å². The molecule has 3 heterocycles. The summed E-state index contributed by atoms with van der Waals surface area (Å²) in [5, 5.41) is 9.62. The third-order valence-electron chi connectivity index (χ3n) is 4.64. The number of carbonyl (C=O) groups is 1. The van der Waals surface area contributed by atoms with Crippen molar-refractivity contribution < 1.29 is 9.90 Å². The van der Waals surface area contributed by atoms with Gasteiger partial charge in [0.1, 0.15) is 5.69 Å². The van der Waals surface area contributed by atoms with E-state index < -0.39 is 5.97 Å². The Morgan fingerprint density at radius 2 is 2.11 bits per heavy atom. The van der Waals surface area contributed by atoms with E-state index in [-0.39, 0.29) is 0 Å². The summed E-state index contributed by atoms with van der Waals surface area (Å²) < 4.78 is 0.766. The number of carboxylic acid groups (broad SMARTS) is 1. The molecule has 6 nitrogen and oxygen atoms in total. The van der Waals surface area contributed by atoms with Crippen molar-refractivity contribution in [2.45, 2.75) is 19.9 Å². The number of nitrogens with zero attached hydrogens (tertiary/aromatic N) is 4. The Kier molecular flexibility index (Phi) is 4.61. The molecule has 0 fully saturated rings. The van der Waals surface area contributed by atoms with Gasteiger partial charge in [0.25, 0.3) is 0 Å². The number of pyridine rings is 1. The molecule has 0 amide bonds. The van der Waals surface area contributed by atoms with Gasteiger partial charge >= 0.3 is 5.97 Å². The van der Waals surface area contributed by atoms with Gasteiger partial charge in [-0.05, 0) is 36.8 Å². The van der Waals surface area contributed by atoms with E-state index in [2.05, 4.69) is 35.8 Å². The average molecular weight is 425 g/mol. The van der Waals surface area contributed by atoms with Crippen LogP contribution in [-0.2, 0) is 13.0 Å². The maximum Gasteiger partial charge on any atom is 0.337 e. The molecule has 1 aliphatic rings. The average Bonchev–Trinajstić information content (AvgIpc) is 2.67. The van der Waals surface area contributed by atoms with Crippen LogP contribution in [-0.4, -0.2) is 32.6 Å². The monoisotopic (exact) mass is 424 g/mol. The number of rotatable bonds is 3. The number of aromatic nitrogens is 3. The number of carboxylic acids is 1. The Bertz CT molecular complexity index is 1020. The van der Waals surface area contributed by atoms with Crippen molar-refractivity contribution in [2.75, 3.05) is 11.4 Å². The number of benzene rings is 1. The molecule has 0 saturated carbocycles. The zero-order valence-electron chi connectivity index (χ0n) is 14.7. The summed E-state index contributed by atoms with van der Waals surface area (Å²) in [4.78, 5) is 27.3. The fourth-order valence-electron chi connectivity index (χ4n) is 3.44. The minimum atomic E-state index is -0.929. The lowest BCUT2D eigenvalue weighted by Gasteiger charge is -2.32. The molecule has 3 aromatic rings. The molecular weight excluding hydrogens is 408 g/mol. The van der Waals surface area contributed by atoms with Gasteiger partial charge in [-0.25, -0.2) is 14.8 Å². The zero-order valence-corrected chi connectivity index (χ0v) is 16.3. The molecule has 0 bridgehead atoms. The van der Waals surface area contributed by atoms with Crippen LogP contribution in [0.4, 0.5) is 5.69 Å². The summed E-state index contributed by atoms with van der Waals surface area (Å²) in [6.07, 6.45) is 4.28. The van der Waals surface area contributed by atoms with E-state index in [0.29, 0.717) is 24.5 Å². The summed E-state index contributed by atoms with van der Waals surface area (Å²) >= 11 is 3.39. The molecule has 0 aliphatic carbocycles. The van der Waals surface area contributed by atoms with Crippen molar-refractivity contribution in [1.82, 2.24) is 15.0 Å². The first kappa shape index (κ1) is 17.6. The quantitative estimate of drug-likeness (QED) is 0.687. The first-order valence-corrected chi connectivity index (χ1v) is 9.37. The fourth-order valence-corrected chi connectivity index (χ4v) is 4.02. The lowest BCUT2D eigenvalue weighted by Crippen LogP contribution is -2.33. The SMILES string of the molecule is Cc1cc(Br)cc(C(=O)O)c1N1CCc2nc(-c3ccccn3)ncc2C1. The Hall–Kier alpha value is -2.80. The smallest absolute Gasteiger partial charge is 0.337 e. The maximum atomic E-state index is 11.7. The summed E-state index contributed by atoms with van der Waals surface area (Å²) in [6, 6.07) is 9.26. The molecule has 1 N–H and O–H groups in total. The highest BCUT2D eigenvalue weighted by atomic mass is 79.9. The molecule has 27 heavy (non-hydrogen) atoms. The highest BCUT2D eigenvalue weighted by molar-refractivity contribution is 9.10. The van der Waals surface area contributed by atoms with Crippen molar-refractivity contribution in [1.29, 1.82) is 0 Å². The summed E-state index contributed by atoms with van der Waals surface area (Å²) in [7, 11) is 0.